The molecule has 0 aliphatic rings. The summed E-state index contributed by atoms with van der Waals surface area (Å²) in [5.74, 6) is 0. The summed E-state index contributed by atoms with van der Waals surface area (Å²) in [6, 6.07) is 0. The van der Waals surface area contributed by atoms with Crippen molar-refractivity contribution in [1.82, 2.24) is 0 Å². The van der Waals surface area contributed by atoms with Crippen LogP contribution in [0.15, 0.2) is 0 Å². The molecule has 7 heteroatoms. The van der Waals surface area contributed by atoms with E-state index in [4.69, 9.17) is 17.0 Å². The predicted octanol–water partition coefficient (Wildman–Crippen LogP) is -0.579. The molecular formula is C2H5O4PSn2+. The second kappa shape index (κ2) is 6.57. The van der Waals surface area contributed by atoms with Crippen molar-refractivity contribution >= 4 is 54.1 Å². The fourth-order valence-electron chi connectivity index (χ4n) is 0.183. The Labute approximate surface area is 82.0 Å². The second-order valence-electron chi connectivity index (χ2n) is 0.955. The van der Waals surface area contributed by atoms with Crippen molar-refractivity contribution in [3.8, 4) is 0 Å². The number of aliphatic hydroxyl groups excluding tert-OH is 1. The topological polar surface area (TPSA) is 47.9 Å². The standard InChI is InChI=1S/C2H5O4P.2Sn/c1-5-7(4)6-2-3;;/h2-3H,1H3;;/q-1;;+2. The molecule has 0 saturated heterocycles. The van der Waals surface area contributed by atoms with E-state index >= 15 is 0 Å². The quantitative estimate of drug-likeness (QED) is 0.414. The van der Waals surface area contributed by atoms with Gasteiger partial charge in [0, 0.05) is 0 Å². The zero-order valence-corrected chi connectivity index (χ0v) is 11.3. The van der Waals surface area contributed by atoms with Crippen LogP contribution < -0.4 is 0 Å². The van der Waals surface area contributed by atoms with Gasteiger partial charge < -0.3 is 0 Å². The van der Waals surface area contributed by atoms with Crippen molar-refractivity contribution in [2.24, 2.45) is 0 Å². The first-order valence-electron chi connectivity index (χ1n) is 1.94. The monoisotopic (exact) mass is 364 g/mol. The van der Waals surface area contributed by atoms with Gasteiger partial charge in [0.25, 0.3) is 0 Å². The molecule has 0 aliphatic heterocycles. The molecule has 1 N–H and O–H groups in total. The Bertz CT molecular complexity index is 67.6. The number of hydrogen-bond donors (Lipinski definition) is 1. The Kier molecular flexibility index (Phi) is 7.93. The van der Waals surface area contributed by atoms with E-state index in [1.54, 1.807) is 0 Å². The number of rotatable bonds is 4. The molecule has 0 rings (SSSR count). The summed E-state index contributed by atoms with van der Waals surface area (Å²) in [5.41, 5.74) is 0. The van der Waals surface area contributed by atoms with Crippen LogP contribution in [0.5, 0.6) is 0 Å². The van der Waals surface area contributed by atoms with Crippen LogP contribution in [0.3, 0.4) is 0 Å². The molecule has 0 spiro atoms. The molecule has 2 atom stereocenters. The third-order valence-electron chi connectivity index (χ3n) is 0.410. The van der Waals surface area contributed by atoms with Crippen molar-refractivity contribution in [2.75, 3.05) is 7.11 Å². The molecule has 4 nitrogen and oxygen atoms in total. The normalized spacial score (nSPS) is 17.2. The third kappa shape index (κ3) is 6.27. The predicted molar refractivity (Wildman–Crippen MR) is 33.6 cm³/mol. The fraction of sp³-hybridized carbons (Fsp3) is 1.00. The Morgan fingerprint density at radius 2 is 2.33 bits per heavy atom. The minimum atomic E-state index is -1.28. The molecule has 49 valence electrons. The van der Waals surface area contributed by atoms with Gasteiger partial charge in [0.15, 0.2) is 0 Å². The average molecular weight is 361 g/mol. The molecule has 0 heterocycles. The molecule has 0 bridgehead atoms. The van der Waals surface area contributed by atoms with Gasteiger partial charge in [-0.1, -0.05) is 0 Å². The Morgan fingerprint density at radius 3 is 2.44 bits per heavy atom. The first-order chi connectivity index (χ1) is 4.20. The maximum atomic E-state index is 8.67. The van der Waals surface area contributed by atoms with Crippen LogP contribution in [0.25, 0.3) is 0 Å². The van der Waals surface area contributed by atoms with Gasteiger partial charge in [0.1, 0.15) is 0 Å². The van der Waals surface area contributed by atoms with Gasteiger partial charge in [-0.15, -0.1) is 0 Å². The van der Waals surface area contributed by atoms with Gasteiger partial charge in [-0.3, -0.25) is 0 Å². The zero-order valence-electron chi connectivity index (χ0n) is 4.70. The van der Waals surface area contributed by atoms with Gasteiger partial charge >= 0.3 is 82.5 Å². The van der Waals surface area contributed by atoms with Gasteiger partial charge in [-0.2, -0.15) is 0 Å². The van der Waals surface area contributed by atoms with Crippen molar-refractivity contribution in [3.05, 3.63) is 0 Å². The zero-order chi connectivity index (χ0) is 7.28. The Hall–Kier alpha value is 1.87. The van der Waals surface area contributed by atoms with Crippen molar-refractivity contribution in [2.45, 2.75) is 4.31 Å². The molecular weight excluding hydrogens is 356 g/mol. The van der Waals surface area contributed by atoms with Crippen molar-refractivity contribution < 1.29 is 17.0 Å². The van der Waals surface area contributed by atoms with Gasteiger partial charge in [0.2, 0.25) is 0 Å². The van der Waals surface area contributed by atoms with Gasteiger partial charge in [-0.05, 0) is 0 Å². The van der Waals surface area contributed by atoms with Crippen molar-refractivity contribution in [1.29, 1.82) is 0 Å². The van der Waals surface area contributed by atoms with Gasteiger partial charge in [-0.25, -0.2) is 0 Å². The first kappa shape index (κ1) is 10.9. The van der Waals surface area contributed by atoms with Gasteiger partial charge in [0.05, 0.1) is 0 Å². The molecule has 0 amide bonds. The summed E-state index contributed by atoms with van der Waals surface area (Å²) in [6.45, 7) is 0. The van der Waals surface area contributed by atoms with E-state index in [9.17, 15) is 0 Å². The Balaban J connectivity index is 3.31. The third-order valence-corrected chi connectivity index (χ3v) is 3.41. The molecule has 0 saturated carbocycles. The summed E-state index contributed by atoms with van der Waals surface area (Å²) in [5, 5.41) is 8.67. The minimum absolute atomic E-state index is 0.733. The molecule has 0 aromatic heterocycles. The van der Waals surface area contributed by atoms with E-state index in [2.05, 4.69) is 0 Å². The SMILES string of the molecule is COP([O][Sn+])O[CH](O)[Sn]. The van der Waals surface area contributed by atoms with E-state index in [-0.39, 0.29) is 0 Å². The summed E-state index contributed by atoms with van der Waals surface area (Å²) in [7, 11) is 0.197. The summed E-state index contributed by atoms with van der Waals surface area (Å²) in [4.78, 5) is 0. The molecule has 5 radical (unpaired) electrons. The summed E-state index contributed by atoms with van der Waals surface area (Å²) < 4.78 is 13.5. The Morgan fingerprint density at radius 1 is 1.78 bits per heavy atom. The van der Waals surface area contributed by atoms with Crippen LogP contribution in [0, 0.1) is 0 Å². The molecule has 0 aromatic carbocycles. The van der Waals surface area contributed by atoms with E-state index in [1.807, 2.05) is 0 Å². The van der Waals surface area contributed by atoms with Crippen LogP contribution in [-0.2, 0) is 11.9 Å². The first-order valence-corrected chi connectivity index (χ1v) is 5.85. The number of aliphatic hydroxyl groups is 1. The summed E-state index contributed by atoms with van der Waals surface area (Å²) >= 11 is 1.78. The average Bonchev–Trinajstić information content (AvgIpc) is 1.82. The van der Waals surface area contributed by atoms with Crippen molar-refractivity contribution in [3.63, 3.8) is 0 Å². The molecule has 0 fully saturated rings. The van der Waals surface area contributed by atoms with E-state index in [1.165, 1.54) is 7.11 Å². The van der Waals surface area contributed by atoms with E-state index in [0.29, 0.717) is 0 Å². The molecule has 0 aliphatic carbocycles. The molecule has 2 unspecified atom stereocenters. The van der Waals surface area contributed by atoms with Crippen LogP contribution in [0.4, 0.5) is 0 Å². The molecule has 0 aromatic rings. The number of hydrogen-bond acceptors (Lipinski definition) is 4. The molecule has 9 heavy (non-hydrogen) atoms. The maximum absolute atomic E-state index is 8.67. The second-order valence-corrected chi connectivity index (χ2v) is 5.13. The van der Waals surface area contributed by atoms with Crippen LogP contribution in [0.2, 0.25) is 0 Å². The summed E-state index contributed by atoms with van der Waals surface area (Å²) in [6.07, 6.45) is 0. The van der Waals surface area contributed by atoms with E-state index < -0.39 is 12.9 Å². The van der Waals surface area contributed by atoms with Crippen LogP contribution in [0.1, 0.15) is 0 Å². The van der Waals surface area contributed by atoms with Crippen LogP contribution >= 0.6 is 8.60 Å². The van der Waals surface area contributed by atoms with Crippen LogP contribution in [-0.4, -0.2) is 62.0 Å². The van der Waals surface area contributed by atoms with E-state index in [0.717, 1.165) is 45.5 Å². The fourth-order valence-corrected chi connectivity index (χ4v) is 2.29.